The van der Waals surface area contributed by atoms with Crippen LogP contribution >= 0.6 is 23.1 Å². The standard InChI is InChI=1S/C5H3ClN4OS/c1-10-2(4(6)11)3-5(8-10)7-9-12-3/h1H3. The summed E-state index contributed by atoms with van der Waals surface area (Å²) in [5.74, 6) is 0. The number of aryl methyl sites for hydroxylation is 1. The number of nitrogens with zero attached hydrogens (tertiary/aromatic N) is 4. The summed E-state index contributed by atoms with van der Waals surface area (Å²) >= 11 is 6.45. The molecule has 2 rings (SSSR count). The van der Waals surface area contributed by atoms with Crippen LogP contribution in [0.1, 0.15) is 10.5 Å². The molecule has 0 amide bonds. The molecular weight excluding hydrogens is 200 g/mol. The molecular formula is C5H3ClN4OS. The minimum atomic E-state index is -0.536. The van der Waals surface area contributed by atoms with Gasteiger partial charge in [-0.3, -0.25) is 9.48 Å². The average molecular weight is 203 g/mol. The minimum Gasteiger partial charge on any atom is -0.274 e. The summed E-state index contributed by atoms with van der Waals surface area (Å²) in [5, 5.41) is 7.11. The molecule has 0 aliphatic heterocycles. The van der Waals surface area contributed by atoms with E-state index in [1.807, 2.05) is 0 Å². The molecule has 0 radical (unpaired) electrons. The number of hydrogen-bond donors (Lipinski definition) is 0. The zero-order valence-corrected chi connectivity index (χ0v) is 7.56. The summed E-state index contributed by atoms with van der Waals surface area (Å²) in [4.78, 5) is 10.9. The van der Waals surface area contributed by atoms with E-state index in [0.717, 1.165) is 11.5 Å². The Labute approximate surface area is 76.1 Å². The summed E-state index contributed by atoms with van der Waals surface area (Å²) in [7, 11) is 1.64. The molecule has 0 saturated heterocycles. The molecule has 12 heavy (non-hydrogen) atoms. The Bertz CT molecular complexity index is 447. The molecule has 0 spiro atoms. The normalized spacial score (nSPS) is 10.8. The van der Waals surface area contributed by atoms with Crippen LogP contribution in [-0.4, -0.2) is 24.6 Å². The quantitative estimate of drug-likeness (QED) is 0.642. The van der Waals surface area contributed by atoms with E-state index in [9.17, 15) is 4.79 Å². The molecule has 0 saturated carbocycles. The summed E-state index contributed by atoms with van der Waals surface area (Å²) < 4.78 is 5.69. The molecule has 0 atom stereocenters. The van der Waals surface area contributed by atoms with E-state index in [0.29, 0.717) is 16.0 Å². The van der Waals surface area contributed by atoms with Crippen molar-refractivity contribution >= 4 is 38.7 Å². The van der Waals surface area contributed by atoms with Crippen LogP contribution in [0.2, 0.25) is 0 Å². The van der Waals surface area contributed by atoms with Gasteiger partial charge in [-0.25, -0.2) is 0 Å². The van der Waals surface area contributed by atoms with Crippen molar-refractivity contribution in [1.82, 2.24) is 19.4 Å². The monoisotopic (exact) mass is 202 g/mol. The fraction of sp³-hybridized carbons (Fsp3) is 0.200. The van der Waals surface area contributed by atoms with Crippen LogP contribution < -0.4 is 0 Å². The first kappa shape index (κ1) is 7.63. The number of carbonyl (C=O) groups is 1. The lowest BCUT2D eigenvalue weighted by atomic mass is 10.4. The molecule has 0 N–H and O–H groups in total. The molecule has 2 aromatic rings. The SMILES string of the molecule is Cn1nc2nnsc2c1C(=O)Cl. The van der Waals surface area contributed by atoms with Gasteiger partial charge >= 0.3 is 0 Å². The topological polar surface area (TPSA) is 60.7 Å². The van der Waals surface area contributed by atoms with Crippen LogP contribution in [0.5, 0.6) is 0 Å². The van der Waals surface area contributed by atoms with Gasteiger partial charge in [-0.2, -0.15) is 0 Å². The van der Waals surface area contributed by atoms with Crippen molar-refractivity contribution in [2.45, 2.75) is 0 Å². The zero-order chi connectivity index (χ0) is 8.72. The Kier molecular flexibility index (Phi) is 1.59. The van der Waals surface area contributed by atoms with Crippen LogP contribution in [0, 0.1) is 0 Å². The van der Waals surface area contributed by atoms with E-state index < -0.39 is 5.24 Å². The van der Waals surface area contributed by atoms with Gasteiger partial charge in [0.2, 0.25) is 5.65 Å². The zero-order valence-electron chi connectivity index (χ0n) is 5.98. The Morgan fingerprint density at radius 3 is 3.08 bits per heavy atom. The highest BCUT2D eigenvalue weighted by atomic mass is 35.5. The number of aromatic nitrogens is 4. The molecule has 0 aliphatic carbocycles. The van der Waals surface area contributed by atoms with Gasteiger partial charge in [0.05, 0.1) is 0 Å². The van der Waals surface area contributed by atoms with Gasteiger partial charge in [-0.1, -0.05) is 4.49 Å². The summed E-state index contributed by atoms with van der Waals surface area (Å²) in [6, 6.07) is 0. The molecule has 2 heterocycles. The first-order chi connectivity index (χ1) is 5.70. The van der Waals surface area contributed by atoms with Crippen molar-refractivity contribution in [3.05, 3.63) is 5.69 Å². The van der Waals surface area contributed by atoms with Gasteiger partial charge in [-0.15, -0.1) is 10.2 Å². The lowest BCUT2D eigenvalue weighted by molar-refractivity contribution is 0.107. The predicted molar refractivity (Wildman–Crippen MR) is 44.4 cm³/mol. The number of rotatable bonds is 1. The molecule has 7 heteroatoms. The van der Waals surface area contributed by atoms with E-state index in [1.165, 1.54) is 4.68 Å². The second kappa shape index (κ2) is 2.49. The van der Waals surface area contributed by atoms with Crippen LogP contribution in [0.25, 0.3) is 10.3 Å². The first-order valence-corrected chi connectivity index (χ1v) is 4.20. The fourth-order valence-corrected chi connectivity index (χ4v) is 1.90. The Balaban J connectivity index is 2.84. The molecule has 0 aliphatic rings. The second-order valence-corrected chi connectivity index (χ2v) is 3.27. The van der Waals surface area contributed by atoms with Gasteiger partial charge in [0.15, 0.2) is 0 Å². The maximum absolute atomic E-state index is 10.9. The van der Waals surface area contributed by atoms with E-state index in [4.69, 9.17) is 11.6 Å². The molecule has 62 valence electrons. The molecule has 0 aromatic carbocycles. The van der Waals surface area contributed by atoms with Gasteiger partial charge in [0, 0.05) is 7.05 Å². The number of carbonyl (C=O) groups excluding carboxylic acids is 1. The van der Waals surface area contributed by atoms with Crippen molar-refractivity contribution in [3.8, 4) is 0 Å². The van der Waals surface area contributed by atoms with E-state index in [1.54, 1.807) is 7.05 Å². The van der Waals surface area contributed by atoms with Crippen LogP contribution in [0.3, 0.4) is 0 Å². The van der Waals surface area contributed by atoms with Gasteiger partial charge in [0.25, 0.3) is 5.24 Å². The lowest BCUT2D eigenvalue weighted by Crippen LogP contribution is -2.00. The van der Waals surface area contributed by atoms with Crippen molar-refractivity contribution in [1.29, 1.82) is 0 Å². The van der Waals surface area contributed by atoms with E-state index in [2.05, 4.69) is 14.7 Å². The van der Waals surface area contributed by atoms with Gasteiger partial charge < -0.3 is 0 Å². The first-order valence-electron chi connectivity index (χ1n) is 3.05. The van der Waals surface area contributed by atoms with Crippen molar-refractivity contribution in [3.63, 3.8) is 0 Å². The summed E-state index contributed by atoms with van der Waals surface area (Å²) in [5.41, 5.74) is 0.813. The highest BCUT2D eigenvalue weighted by Gasteiger charge is 2.17. The highest BCUT2D eigenvalue weighted by Crippen LogP contribution is 2.20. The van der Waals surface area contributed by atoms with Crippen LogP contribution in [0.4, 0.5) is 0 Å². The molecule has 0 unspecified atom stereocenters. The number of hydrogen-bond acceptors (Lipinski definition) is 5. The van der Waals surface area contributed by atoms with Gasteiger partial charge in [0.1, 0.15) is 10.4 Å². The highest BCUT2D eigenvalue weighted by molar-refractivity contribution is 7.13. The third kappa shape index (κ3) is 0.919. The maximum atomic E-state index is 10.9. The second-order valence-electron chi connectivity index (χ2n) is 2.17. The fourth-order valence-electron chi connectivity index (χ4n) is 0.956. The summed E-state index contributed by atoms with van der Waals surface area (Å²) in [6.45, 7) is 0. The molecule has 5 nitrogen and oxygen atoms in total. The van der Waals surface area contributed by atoms with E-state index in [-0.39, 0.29) is 0 Å². The number of fused-ring (bicyclic) bond motifs is 1. The van der Waals surface area contributed by atoms with Crippen LogP contribution in [0.15, 0.2) is 0 Å². The third-order valence-electron chi connectivity index (χ3n) is 1.44. The lowest BCUT2D eigenvalue weighted by Gasteiger charge is -1.91. The van der Waals surface area contributed by atoms with Crippen molar-refractivity contribution in [2.75, 3.05) is 0 Å². The Hall–Kier alpha value is -1.01. The van der Waals surface area contributed by atoms with Gasteiger partial charge in [-0.05, 0) is 23.1 Å². The summed E-state index contributed by atoms with van der Waals surface area (Å²) in [6.07, 6.45) is 0. The minimum absolute atomic E-state index is 0.349. The largest absolute Gasteiger partial charge is 0.274 e. The van der Waals surface area contributed by atoms with E-state index >= 15 is 0 Å². The predicted octanol–water partition coefficient (Wildman–Crippen LogP) is 0.804. The maximum Gasteiger partial charge on any atom is 0.272 e. The molecule has 0 fully saturated rings. The third-order valence-corrected chi connectivity index (χ3v) is 2.34. The molecule has 0 bridgehead atoms. The molecule has 2 aromatic heterocycles. The Morgan fingerprint density at radius 2 is 2.42 bits per heavy atom. The van der Waals surface area contributed by atoms with Crippen molar-refractivity contribution < 1.29 is 4.79 Å². The average Bonchev–Trinajstić information content (AvgIpc) is 2.44. The Morgan fingerprint density at radius 1 is 1.67 bits per heavy atom. The van der Waals surface area contributed by atoms with Crippen LogP contribution in [-0.2, 0) is 7.05 Å². The van der Waals surface area contributed by atoms with Crippen molar-refractivity contribution in [2.24, 2.45) is 7.05 Å². The number of halogens is 1. The smallest absolute Gasteiger partial charge is 0.272 e.